The van der Waals surface area contributed by atoms with Crippen LogP contribution in [0.1, 0.15) is 16.2 Å². The highest BCUT2D eigenvalue weighted by Crippen LogP contribution is 2.23. The molecule has 0 spiro atoms. The third-order valence-electron chi connectivity index (χ3n) is 2.64. The van der Waals surface area contributed by atoms with Gasteiger partial charge in [0, 0.05) is 0 Å². The van der Waals surface area contributed by atoms with Gasteiger partial charge in [0.15, 0.2) is 17.4 Å². The Balaban J connectivity index is 0.000000174. The average Bonchev–Trinajstić information content (AvgIpc) is 3.22. The van der Waals surface area contributed by atoms with Crippen LogP contribution in [-0.4, -0.2) is 21.2 Å². The normalized spacial score (nSPS) is 10.1. The van der Waals surface area contributed by atoms with Gasteiger partial charge >= 0.3 is 0 Å². The van der Waals surface area contributed by atoms with E-state index in [1.807, 2.05) is 17.5 Å². The van der Waals surface area contributed by atoms with Crippen LogP contribution in [0.25, 0.3) is 10.8 Å². The van der Waals surface area contributed by atoms with Gasteiger partial charge < -0.3 is 15.4 Å². The van der Waals surface area contributed by atoms with E-state index in [2.05, 4.69) is 31.8 Å². The van der Waals surface area contributed by atoms with Crippen molar-refractivity contribution in [3.8, 4) is 16.5 Å². The fourth-order valence-corrected chi connectivity index (χ4v) is 2.45. The molecule has 0 bridgehead atoms. The summed E-state index contributed by atoms with van der Waals surface area (Å²) in [6.45, 7) is 0. The summed E-state index contributed by atoms with van der Waals surface area (Å²) in [4.78, 5) is 15.6. The maximum atomic E-state index is 12.7. The molecule has 0 fully saturated rings. The molecule has 3 N–H and O–H groups in total. The van der Waals surface area contributed by atoms with Crippen molar-refractivity contribution < 1.29 is 23.2 Å². The smallest absolute Gasteiger partial charge is 0.268 e. The number of phenolic OH excluding ortho intramolecular Hbond substituents is 1. The molecule has 1 amide bonds. The van der Waals surface area contributed by atoms with Crippen LogP contribution in [0, 0.1) is 11.6 Å². The molecule has 0 atom stereocenters. The summed E-state index contributed by atoms with van der Waals surface area (Å²) < 4.78 is 30.4. The fraction of sp³-hybridized carbons (Fsp3) is 0.0714. The molecule has 3 aromatic rings. The number of benzene rings is 1. The van der Waals surface area contributed by atoms with Crippen LogP contribution in [0.5, 0.6) is 5.75 Å². The number of carbonyl (C=O) groups excluding carboxylic acids is 1. The predicted octanol–water partition coefficient (Wildman–Crippen LogP) is 3.46. The third kappa shape index (κ3) is 4.15. The summed E-state index contributed by atoms with van der Waals surface area (Å²) in [5.41, 5.74) is 3.73. The lowest BCUT2D eigenvalue weighted by atomic mass is 10.2. The number of thiophene rings is 1. The second-order valence-corrected chi connectivity index (χ2v) is 5.75. The molecule has 0 unspecified atom stereocenters. The van der Waals surface area contributed by atoms with Gasteiger partial charge in [-0.2, -0.15) is 4.98 Å². The van der Waals surface area contributed by atoms with Crippen LogP contribution in [0.4, 0.5) is 8.78 Å². The minimum absolute atomic E-state index is 0.597. The number of nitrogens with two attached hydrogens (primary N) is 1. The number of nitrogens with zero attached hydrogens (tertiary/aromatic N) is 2. The summed E-state index contributed by atoms with van der Waals surface area (Å²) in [6, 6.07) is 5.48. The monoisotopic (exact) mass is 417 g/mol. The Kier molecular flexibility index (Phi) is 5.99. The summed E-state index contributed by atoms with van der Waals surface area (Å²) in [5.74, 6) is -3.19. The fourth-order valence-electron chi connectivity index (χ4n) is 1.58. The molecule has 6 nitrogen and oxygen atoms in total. The van der Waals surface area contributed by atoms with Crippen LogP contribution < -0.4 is 5.73 Å². The van der Waals surface area contributed by atoms with E-state index >= 15 is 0 Å². The second-order valence-electron chi connectivity index (χ2n) is 4.25. The van der Waals surface area contributed by atoms with Crippen molar-refractivity contribution in [3.63, 3.8) is 0 Å². The number of alkyl halides is 1. The zero-order valence-corrected chi connectivity index (χ0v) is 14.3. The molecule has 2 aromatic heterocycles. The first-order chi connectivity index (χ1) is 11.4. The quantitative estimate of drug-likeness (QED) is 0.635. The highest BCUT2D eigenvalue weighted by atomic mass is 79.9. The van der Waals surface area contributed by atoms with Crippen LogP contribution in [-0.2, 0) is 5.33 Å². The number of phenols is 1. The predicted molar refractivity (Wildman–Crippen MR) is 86.8 cm³/mol. The lowest BCUT2D eigenvalue weighted by Gasteiger charge is -2.00. The number of rotatable bonds is 3. The first kappa shape index (κ1) is 18.0. The van der Waals surface area contributed by atoms with E-state index in [-0.39, 0.29) is 0 Å². The van der Waals surface area contributed by atoms with E-state index in [1.165, 1.54) is 0 Å². The maximum Gasteiger partial charge on any atom is 0.268 e. The summed E-state index contributed by atoms with van der Waals surface area (Å²) in [6.07, 6.45) is 0. The van der Waals surface area contributed by atoms with E-state index < -0.39 is 28.9 Å². The molecule has 0 aliphatic carbocycles. The molecule has 3 rings (SSSR count). The minimum atomic E-state index is -1.33. The number of carbonyl (C=O) groups is 1. The number of aromatic hydroxyl groups is 1. The first-order valence-corrected chi connectivity index (χ1v) is 8.33. The minimum Gasteiger partial charge on any atom is -0.505 e. The molecule has 126 valence electrons. The number of hydrogen-bond donors (Lipinski definition) is 2. The van der Waals surface area contributed by atoms with E-state index in [0.29, 0.717) is 17.0 Å². The van der Waals surface area contributed by atoms with Crippen molar-refractivity contribution in [2.24, 2.45) is 5.73 Å². The standard InChI is InChI=1S/C7H5BrN2OS.C7H5F2NO2/c8-4-6-9-7(11-10-6)5-2-1-3-12-5;8-3-1-2-4(11)6(9)5(3)7(10)12/h1-3H,4H2;1-2,11H,(H2,10,12). The molecule has 10 heteroatoms. The van der Waals surface area contributed by atoms with Crippen LogP contribution >= 0.6 is 27.3 Å². The molecule has 0 saturated heterocycles. The molecule has 0 radical (unpaired) electrons. The Hall–Kier alpha value is -2.33. The number of primary amides is 1. The van der Waals surface area contributed by atoms with Gasteiger partial charge in [-0.25, -0.2) is 8.78 Å². The molecule has 0 aliphatic rings. The summed E-state index contributed by atoms with van der Waals surface area (Å²) in [5, 5.41) is 15.1. The average molecular weight is 418 g/mol. The lowest BCUT2D eigenvalue weighted by molar-refractivity contribution is 0.0991. The second kappa shape index (κ2) is 7.97. The van der Waals surface area contributed by atoms with Gasteiger partial charge in [0.1, 0.15) is 11.4 Å². The third-order valence-corrected chi connectivity index (χ3v) is 4.00. The van der Waals surface area contributed by atoms with E-state index in [0.717, 1.165) is 17.0 Å². The molecule has 24 heavy (non-hydrogen) atoms. The number of aromatic nitrogens is 2. The van der Waals surface area contributed by atoms with E-state index in [1.54, 1.807) is 11.3 Å². The lowest BCUT2D eigenvalue weighted by Crippen LogP contribution is -2.15. The van der Waals surface area contributed by atoms with Gasteiger partial charge in [-0.1, -0.05) is 27.2 Å². The number of hydrogen-bond acceptors (Lipinski definition) is 6. The molecule has 0 aliphatic heterocycles. The molecule has 1 aromatic carbocycles. The van der Waals surface area contributed by atoms with Crippen LogP contribution in [0.3, 0.4) is 0 Å². The molecule has 0 saturated carbocycles. The van der Waals surface area contributed by atoms with Crippen molar-refractivity contribution in [1.29, 1.82) is 0 Å². The van der Waals surface area contributed by atoms with Crippen LogP contribution in [0.2, 0.25) is 0 Å². The summed E-state index contributed by atoms with van der Waals surface area (Å²) >= 11 is 4.84. The van der Waals surface area contributed by atoms with E-state index in [4.69, 9.17) is 9.63 Å². The first-order valence-electron chi connectivity index (χ1n) is 6.33. The zero-order chi connectivity index (χ0) is 17.7. The highest BCUT2D eigenvalue weighted by molar-refractivity contribution is 9.08. The van der Waals surface area contributed by atoms with E-state index in [9.17, 15) is 13.6 Å². The SMILES string of the molecule is BrCc1noc(-c2cccs2)n1.NC(=O)c1c(F)ccc(O)c1F. The zero-order valence-electron chi connectivity index (χ0n) is 11.9. The Bertz CT molecular complexity index is 840. The van der Waals surface area contributed by atoms with Crippen molar-refractivity contribution in [2.75, 3.05) is 0 Å². The van der Waals surface area contributed by atoms with Crippen LogP contribution in [0.15, 0.2) is 34.2 Å². The Morgan fingerprint density at radius 3 is 2.62 bits per heavy atom. The van der Waals surface area contributed by atoms with Gasteiger partial charge in [0.05, 0.1) is 10.2 Å². The van der Waals surface area contributed by atoms with Gasteiger partial charge in [-0.3, -0.25) is 4.79 Å². The Morgan fingerprint density at radius 1 is 1.38 bits per heavy atom. The van der Waals surface area contributed by atoms with Crippen molar-refractivity contribution in [2.45, 2.75) is 5.33 Å². The molecule has 2 heterocycles. The molecular formula is C14H10BrF2N3O3S. The largest absolute Gasteiger partial charge is 0.505 e. The van der Waals surface area contributed by atoms with Gasteiger partial charge in [-0.15, -0.1) is 11.3 Å². The maximum absolute atomic E-state index is 12.7. The Labute approximate surface area is 147 Å². The number of halogens is 3. The van der Waals surface area contributed by atoms with Gasteiger partial charge in [0.25, 0.3) is 11.8 Å². The summed E-state index contributed by atoms with van der Waals surface area (Å²) in [7, 11) is 0. The van der Waals surface area contributed by atoms with Crippen molar-refractivity contribution in [3.05, 3.63) is 52.7 Å². The Morgan fingerprint density at radius 2 is 2.12 bits per heavy atom. The van der Waals surface area contributed by atoms with Gasteiger partial charge in [-0.05, 0) is 23.6 Å². The van der Waals surface area contributed by atoms with Crippen molar-refractivity contribution in [1.82, 2.24) is 10.1 Å². The highest BCUT2D eigenvalue weighted by Gasteiger charge is 2.17. The number of amides is 1. The van der Waals surface area contributed by atoms with Crippen molar-refractivity contribution >= 4 is 33.2 Å². The molecular weight excluding hydrogens is 408 g/mol. The topological polar surface area (TPSA) is 102 Å². The van der Waals surface area contributed by atoms with Gasteiger partial charge in [0.2, 0.25) is 0 Å².